The molecule has 1 aliphatic heterocycles. The van der Waals surface area contributed by atoms with Crippen LogP contribution in [0.4, 0.5) is 38.5 Å². The van der Waals surface area contributed by atoms with Gasteiger partial charge >= 0.3 is 0 Å². The molecule has 0 N–H and O–H groups in total. The molecule has 0 amide bonds. The minimum absolute atomic E-state index is 0.322. The van der Waals surface area contributed by atoms with Crippen LogP contribution in [-0.4, -0.2) is 0 Å². The van der Waals surface area contributed by atoms with Crippen molar-refractivity contribution in [2.24, 2.45) is 0 Å². The van der Waals surface area contributed by atoms with Gasteiger partial charge in [0.05, 0.1) is 17.1 Å². The van der Waals surface area contributed by atoms with Crippen molar-refractivity contribution in [1.82, 2.24) is 0 Å². The van der Waals surface area contributed by atoms with Crippen molar-refractivity contribution in [2.45, 2.75) is 0 Å². The van der Waals surface area contributed by atoms with Crippen LogP contribution in [0.3, 0.4) is 0 Å². The van der Waals surface area contributed by atoms with E-state index in [-0.39, 0.29) is 5.82 Å². The molecule has 0 saturated heterocycles. The van der Waals surface area contributed by atoms with E-state index in [0.717, 1.165) is 78.3 Å². The van der Waals surface area contributed by atoms with Gasteiger partial charge in [-0.3, -0.25) is 0 Å². The largest absolute Gasteiger partial charge is 0.456 e. The van der Waals surface area contributed by atoms with Gasteiger partial charge in [-0.2, -0.15) is 0 Å². The second-order valence-corrected chi connectivity index (χ2v) is 13.9. The highest BCUT2D eigenvalue weighted by atomic mass is 19.1. The van der Waals surface area contributed by atoms with E-state index in [4.69, 9.17) is 4.74 Å². The number of hydrogen-bond donors (Lipinski definition) is 0. The Bertz CT molecular complexity index is 2790. The number of fused-ring (bicyclic) bond motifs is 2. The van der Waals surface area contributed by atoms with Crippen LogP contribution in [0, 0.1) is 5.82 Å². The third-order valence-electron chi connectivity index (χ3n) is 10.5. The SMILES string of the molecule is Fc1cc(-c2ccccc2)cc(-c2ccccc2)c1N(c1ccccc1)c1ccc2c(c1)Oc1cccc3c(N(c4ccccc4)c4ccccc4)ccc-2c13. The number of hydrogen-bond acceptors (Lipinski definition) is 3. The molecule has 10 rings (SSSR count). The van der Waals surface area contributed by atoms with Gasteiger partial charge in [-0.1, -0.05) is 133 Å². The van der Waals surface area contributed by atoms with E-state index < -0.39 is 0 Å². The first-order valence-corrected chi connectivity index (χ1v) is 18.8. The maximum atomic E-state index is 17.1. The Kier molecular flexibility index (Phi) is 8.34. The van der Waals surface area contributed by atoms with E-state index in [0.29, 0.717) is 11.4 Å². The molecular formula is C52H35FN2O. The standard InChI is InChI=1S/C52H35FN2O/c53-47-34-38(36-17-6-1-7-18-36)33-46(37-19-8-2-9-20-37)52(47)55(41-25-14-5-15-26-41)42-29-30-43-44-31-32-48(45-27-16-28-49(51(44)45)56-50(43)35-42)54(39-21-10-3-11-22-39)40-23-12-4-13-24-40/h1-35H. The second-order valence-electron chi connectivity index (χ2n) is 13.9. The highest BCUT2D eigenvalue weighted by molar-refractivity contribution is 6.11. The molecule has 56 heavy (non-hydrogen) atoms. The summed E-state index contributed by atoms with van der Waals surface area (Å²) in [6.45, 7) is 0. The summed E-state index contributed by atoms with van der Waals surface area (Å²) in [5.41, 5.74) is 10.8. The van der Waals surface area contributed by atoms with Gasteiger partial charge in [0.25, 0.3) is 0 Å². The second kappa shape index (κ2) is 14.1. The summed E-state index contributed by atoms with van der Waals surface area (Å²) in [6, 6.07) is 71.5. The van der Waals surface area contributed by atoms with Crippen LogP contribution >= 0.6 is 0 Å². The van der Waals surface area contributed by atoms with Gasteiger partial charge in [0.1, 0.15) is 17.3 Å². The molecule has 266 valence electrons. The number of ether oxygens (including phenoxy) is 1. The molecule has 0 fully saturated rings. The maximum absolute atomic E-state index is 17.1. The van der Waals surface area contributed by atoms with Crippen LogP contribution < -0.4 is 14.5 Å². The quantitative estimate of drug-likeness (QED) is 0.155. The van der Waals surface area contributed by atoms with Gasteiger partial charge in [0.15, 0.2) is 0 Å². The first kappa shape index (κ1) is 33.2. The summed E-state index contributed by atoms with van der Waals surface area (Å²) in [5, 5.41) is 2.14. The fourth-order valence-corrected chi connectivity index (χ4v) is 7.96. The number of benzene rings is 9. The van der Waals surface area contributed by atoms with Crippen molar-refractivity contribution in [2.75, 3.05) is 9.80 Å². The molecule has 9 aromatic carbocycles. The van der Waals surface area contributed by atoms with Crippen molar-refractivity contribution in [3.8, 4) is 44.9 Å². The Morgan fingerprint density at radius 1 is 0.357 bits per heavy atom. The van der Waals surface area contributed by atoms with Crippen molar-refractivity contribution < 1.29 is 9.13 Å². The van der Waals surface area contributed by atoms with Crippen molar-refractivity contribution in [3.05, 3.63) is 218 Å². The summed E-state index contributed by atoms with van der Waals surface area (Å²) < 4.78 is 23.9. The Balaban J connectivity index is 1.14. The Morgan fingerprint density at radius 3 is 1.54 bits per heavy atom. The fraction of sp³-hybridized carbons (Fsp3) is 0. The zero-order valence-corrected chi connectivity index (χ0v) is 30.4. The Morgan fingerprint density at radius 2 is 0.911 bits per heavy atom. The van der Waals surface area contributed by atoms with Crippen molar-refractivity contribution in [3.63, 3.8) is 0 Å². The third kappa shape index (κ3) is 5.85. The average molecular weight is 723 g/mol. The lowest BCUT2D eigenvalue weighted by atomic mass is 9.92. The minimum Gasteiger partial charge on any atom is -0.456 e. The van der Waals surface area contributed by atoms with E-state index in [2.05, 4.69) is 95.9 Å². The van der Waals surface area contributed by atoms with Crippen molar-refractivity contribution >= 4 is 44.9 Å². The van der Waals surface area contributed by atoms with Gasteiger partial charge in [0, 0.05) is 45.0 Å². The molecule has 0 atom stereocenters. The molecule has 0 saturated carbocycles. The van der Waals surface area contributed by atoms with Gasteiger partial charge in [-0.05, 0) is 95.1 Å². The highest BCUT2D eigenvalue weighted by Gasteiger charge is 2.27. The lowest BCUT2D eigenvalue weighted by molar-refractivity contribution is 0.487. The van der Waals surface area contributed by atoms with Crippen LogP contribution in [-0.2, 0) is 0 Å². The van der Waals surface area contributed by atoms with Crippen LogP contribution in [0.15, 0.2) is 212 Å². The first-order chi connectivity index (χ1) is 27.7. The molecule has 0 spiro atoms. The highest BCUT2D eigenvalue weighted by Crippen LogP contribution is 2.53. The fourth-order valence-electron chi connectivity index (χ4n) is 7.96. The van der Waals surface area contributed by atoms with Crippen LogP contribution in [0.1, 0.15) is 0 Å². The molecule has 0 aliphatic carbocycles. The molecule has 4 heteroatoms. The summed E-state index contributed by atoms with van der Waals surface area (Å²) in [6.07, 6.45) is 0. The average Bonchev–Trinajstić information content (AvgIpc) is 3.26. The Labute approximate surface area is 325 Å². The number of nitrogens with zero attached hydrogens (tertiary/aromatic N) is 2. The molecule has 0 bridgehead atoms. The van der Waals surface area contributed by atoms with Gasteiger partial charge in [-0.15, -0.1) is 0 Å². The number of halogens is 1. The molecule has 0 unspecified atom stereocenters. The minimum atomic E-state index is -0.322. The van der Waals surface area contributed by atoms with Gasteiger partial charge in [0.2, 0.25) is 0 Å². The summed E-state index contributed by atoms with van der Waals surface area (Å²) in [7, 11) is 0. The van der Waals surface area contributed by atoms with Gasteiger partial charge < -0.3 is 14.5 Å². The third-order valence-corrected chi connectivity index (χ3v) is 10.5. The zero-order chi connectivity index (χ0) is 37.4. The molecule has 3 nitrogen and oxygen atoms in total. The Hall–Kier alpha value is -7.43. The smallest absolute Gasteiger partial charge is 0.148 e. The van der Waals surface area contributed by atoms with E-state index in [1.807, 2.05) is 120 Å². The predicted octanol–water partition coefficient (Wildman–Crippen LogP) is 15.0. The zero-order valence-electron chi connectivity index (χ0n) is 30.4. The van der Waals surface area contributed by atoms with Crippen LogP contribution in [0.5, 0.6) is 11.5 Å². The first-order valence-electron chi connectivity index (χ1n) is 18.8. The summed E-state index contributed by atoms with van der Waals surface area (Å²) in [4.78, 5) is 4.30. The normalized spacial score (nSPS) is 11.4. The number of para-hydroxylation sites is 3. The molecular weight excluding hydrogens is 688 g/mol. The maximum Gasteiger partial charge on any atom is 0.148 e. The van der Waals surface area contributed by atoms with Crippen LogP contribution in [0.25, 0.3) is 44.2 Å². The topological polar surface area (TPSA) is 15.7 Å². The lowest BCUT2D eigenvalue weighted by Gasteiger charge is -2.31. The molecule has 9 aromatic rings. The van der Waals surface area contributed by atoms with E-state index in [1.54, 1.807) is 6.07 Å². The van der Waals surface area contributed by atoms with E-state index in [9.17, 15) is 0 Å². The van der Waals surface area contributed by atoms with E-state index in [1.165, 1.54) is 0 Å². The van der Waals surface area contributed by atoms with E-state index >= 15 is 4.39 Å². The molecule has 0 radical (unpaired) electrons. The van der Waals surface area contributed by atoms with Gasteiger partial charge in [-0.25, -0.2) is 4.39 Å². The summed E-state index contributed by atoms with van der Waals surface area (Å²) >= 11 is 0. The predicted molar refractivity (Wildman–Crippen MR) is 230 cm³/mol. The number of anilines is 6. The molecule has 0 aromatic heterocycles. The van der Waals surface area contributed by atoms with Crippen molar-refractivity contribution in [1.29, 1.82) is 0 Å². The summed E-state index contributed by atoms with van der Waals surface area (Å²) in [5.74, 6) is 1.16. The van der Waals surface area contributed by atoms with Crippen LogP contribution in [0.2, 0.25) is 0 Å². The lowest BCUT2D eigenvalue weighted by Crippen LogP contribution is -2.14. The molecule has 1 aliphatic rings. The molecule has 1 heterocycles. The number of rotatable bonds is 8. The monoisotopic (exact) mass is 722 g/mol.